The molecule has 3 N–H and O–H groups in total. The van der Waals surface area contributed by atoms with Crippen LogP contribution in [-0.4, -0.2) is 5.11 Å². The molecule has 5 heteroatoms. The fourth-order valence-corrected chi connectivity index (χ4v) is 2.59. The molecule has 0 radical (unpaired) electrons. The lowest BCUT2D eigenvalue weighted by Crippen LogP contribution is -1.97. The normalized spacial score (nSPS) is 10.4. The summed E-state index contributed by atoms with van der Waals surface area (Å²) in [5.41, 5.74) is 7.57. The molecule has 0 aliphatic rings. The first-order valence-electron chi connectivity index (χ1n) is 7.34. The highest BCUT2D eigenvalue weighted by Crippen LogP contribution is 2.31. The summed E-state index contributed by atoms with van der Waals surface area (Å²) in [5, 5.41) is 9.28. The number of aromatic hydroxyl groups is 1. The van der Waals surface area contributed by atoms with Gasteiger partial charge in [-0.15, -0.1) is 0 Å². The number of benzene rings is 3. The van der Waals surface area contributed by atoms with Gasteiger partial charge in [-0.3, -0.25) is 0 Å². The third kappa shape index (κ3) is 4.20. The second-order valence-electron chi connectivity index (χ2n) is 5.21. The number of anilines is 1. The molecule has 0 aliphatic carbocycles. The number of hydrogen-bond donors (Lipinski definition) is 2. The van der Waals surface area contributed by atoms with Crippen molar-refractivity contribution in [3.63, 3.8) is 0 Å². The lowest BCUT2D eigenvalue weighted by atomic mass is 10.2. The Bertz CT molecular complexity index is 834. The lowest BCUT2D eigenvalue weighted by molar-refractivity contribution is 0.306. The zero-order valence-corrected chi connectivity index (χ0v) is 14.4. The maximum Gasteiger partial charge on any atom is 0.150 e. The number of hydrogen-bond acceptors (Lipinski definition) is 4. The van der Waals surface area contributed by atoms with Gasteiger partial charge in [-0.25, -0.2) is 0 Å². The van der Waals surface area contributed by atoms with Gasteiger partial charge in [-0.1, -0.05) is 28.1 Å². The van der Waals surface area contributed by atoms with Gasteiger partial charge in [0.25, 0.3) is 0 Å². The minimum absolute atomic E-state index is 0.187. The van der Waals surface area contributed by atoms with Crippen molar-refractivity contribution in [3.05, 3.63) is 76.8 Å². The van der Waals surface area contributed by atoms with Gasteiger partial charge in [0.05, 0.1) is 5.69 Å². The van der Waals surface area contributed by atoms with E-state index in [1.807, 2.05) is 30.3 Å². The highest BCUT2D eigenvalue weighted by Gasteiger charge is 2.05. The lowest BCUT2D eigenvalue weighted by Gasteiger charge is -2.11. The second-order valence-corrected chi connectivity index (χ2v) is 6.13. The Balaban J connectivity index is 1.67. The SMILES string of the molecule is Nc1cc(OCc2cccc(Br)c2)ccc1Oc1ccc(O)cc1. The van der Waals surface area contributed by atoms with Crippen LogP contribution in [0.1, 0.15) is 5.56 Å². The average Bonchev–Trinajstić information content (AvgIpc) is 2.57. The Morgan fingerprint density at radius 2 is 1.67 bits per heavy atom. The number of phenols is 1. The van der Waals surface area contributed by atoms with Gasteiger partial charge in [0.15, 0.2) is 5.75 Å². The van der Waals surface area contributed by atoms with Gasteiger partial charge in [0.1, 0.15) is 23.9 Å². The fraction of sp³-hybridized carbons (Fsp3) is 0.0526. The first-order valence-corrected chi connectivity index (χ1v) is 8.13. The maximum absolute atomic E-state index is 9.28. The van der Waals surface area contributed by atoms with Crippen LogP contribution >= 0.6 is 15.9 Å². The third-order valence-electron chi connectivity index (χ3n) is 3.34. The fourth-order valence-electron chi connectivity index (χ4n) is 2.14. The Morgan fingerprint density at radius 3 is 2.38 bits per heavy atom. The molecule has 0 saturated heterocycles. The zero-order valence-electron chi connectivity index (χ0n) is 12.8. The summed E-state index contributed by atoms with van der Waals surface area (Å²) < 4.78 is 12.5. The molecule has 24 heavy (non-hydrogen) atoms. The monoisotopic (exact) mass is 385 g/mol. The molecule has 0 atom stereocenters. The van der Waals surface area contributed by atoms with Crippen LogP contribution in [0.4, 0.5) is 5.69 Å². The highest BCUT2D eigenvalue weighted by molar-refractivity contribution is 9.10. The van der Waals surface area contributed by atoms with Gasteiger partial charge in [-0.2, -0.15) is 0 Å². The van der Waals surface area contributed by atoms with Gasteiger partial charge in [0.2, 0.25) is 0 Å². The van der Waals surface area contributed by atoms with Crippen LogP contribution in [0.2, 0.25) is 0 Å². The largest absolute Gasteiger partial charge is 0.508 e. The van der Waals surface area contributed by atoms with Crippen molar-refractivity contribution in [2.45, 2.75) is 6.61 Å². The molecular formula is C19H16BrNO3. The smallest absolute Gasteiger partial charge is 0.150 e. The summed E-state index contributed by atoms with van der Waals surface area (Å²) >= 11 is 3.44. The van der Waals surface area contributed by atoms with Crippen LogP contribution in [0.25, 0.3) is 0 Å². The van der Waals surface area contributed by atoms with Crippen LogP contribution in [-0.2, 0) is 6.61 Å². The van der Waals surface area contributed by atoms with Crippen LogP contribution in [0.5, 0.6) is 23.0 Å². The standard InChI is InChI=1S/C19H16BrNO3/c20-14-3-1-2-13(10-14)12-23-17-8-9-19(18(21)11-17)24-16-6-4-15(22)5-7-16/h1-11,22H,12,21H2. The molecule has 0 aromatic heterocycles. The van der Waals surface area contributed by atoms with E-state index >= 15 is 0 Å². The topological polar surface area (TPSA) is 64.7 Å². The van der Waals surface area contributed by atoms with Crippen molar-refractivity contribution in [1.29, 1.82) is 0 Å². The van der Waals surface area contributed by atoms with Crippen LogP contribution in [0, 0.1) is 0 Å². The summed E-state index contributed by atoms with van der Waals surface area (Å²) in [4.78, 5) is 0. The van der Waals surface area contributed by atoms with E-state index in [4.69, 9.17) is 15.2 Å². The van der Waals surface area contributed by atoms with Crippen molar-refractivity contribution < 1.29 is 14.6 Å². The van der Waals surface area contributed by atoms with E-state index in [1.165, 1.54) is 0 Å². The van der Waals surface area contributed by atoms with Crippen molar-refractivity contribution in [2.75, 3.05) is 5.73 Å². The third-order valence-corrected chi connectivity index (χ3v) is 3.83. The molecule has 3 aromatic rings. The molecule has 0 heterocycles. The molecular weight excluding hydrogens is 370 g/mol. The number of halogens is 1. The van der Waals surface area contributed by atoms with Gasteiger partial charge in [0, 0.05) is 10.5 Å². The van der Waals surface area contributed by atoms with E-state index < -0.39 is 0 Å². The molecule has 0 fully saturated rings. The molecule has 0 unspecified atom stereocenters. The van der Waals surface area contributed by atoms with Crippen LogP contribution in [0.15, 0.2) is 71.2 Å². The summed E-state index contributed by atoms with van der Waals surface area (Å²) in [6.07, 6.45) is 0. The summed E-state index contributed by atoms with van der Waals surface area (Å²) in [7, 11) is 0. The predicted octanol–water partition coefficient (Wildman–Crippen LogP) is 5.11. The molecule has 0 amide bonds. The van der Waals surface area contributed by atoms with Crippen LogP contribution < -0.4 is 15.2 Å². The van der Waals surface area contributed by atoms with E-state index in [2.05, 4.69) is 15.9 Å². The molecule has 0 bridgehead atoms. The van der Waals surface area contributed by atoms with E-state index in [9.17, 15) is 5.11 Å². The van der Waals surface area contributed by atoms with E-state index in [-0.39, 0.29) is 5.75 Å². The summed E-state index contributed by atoms with van der Waals surface area (Å²) in [6, 6.07) is 19.7. The number of nitrogen functional groups attached to an aromatic ring is 1. The average molecular weight is 386 g/mol. The van der Waals surface area contributed by atoms with Crippen molar-refractivity contribution in [3.8, 4) is 23.0 Å². The minimum Gasteiger partial charge on any atom is -0.508 e. The van der Waals surface area contributed by atoms with E-state index in [0.29, 0.717) is 29.5 Å². The zero-order chi connectivity index (χ0) is 16.9. The predicted molar refractivity (Wildman–Crippen MR) is 97.5 cm³/mol. The van der Waals surface area contributed by atoms with Gasteiger partial charge < -0.3 is 20.3 Å². The Labute approximate surface area is 148 Å². The van der Waals surface area contributed by atoms with Crippen molar-refractivity contribution in [2.24, 2.45) is 0 Å². The van der Waals surface area contributed by atoms with Gasteiger partial charge >= 0.3 is 0 Å². The molecule has 3 aromatic carbocycles. The van der Waals surface area contributed by atoms with Crippen LogP contribution in [0.3, 0.4) is 0 Å². The van der Waals surface area contributed by atoms with Crippen molar-refractivity contribution in [1.82, 2.24) is 0 Å². The second kappa shape index (κ2) is 7.27. The van der Waals surface area contributed by atoms with Gasteiger partial charge in [-0.05, 0) is 54.1 Å². The van der Waals surface area contributed by atoms with E-state index in [1.54, 1.807) is 36.4 Å². The first kappa shape index (κ1) is 16.2. The Hall–Kier alpha value is -2.66. The summed E-state index contributed by atoms with van der Waals surface area (Å²) in [6.45, 7) is 0.455. The maximum atomic E-state index is 9.28. The number of rotatable bonds is 5. The summed E-state index contributed by atoms with van der Waals surface area (Å²) in [5.74, 6) is 2.00. The molecule has 0 aliphatic heterocycles. The highest BCUT2D eigenvalue weighted by atomic mass is 79.9. The Morgan fingerprint density at radius 1 is 0.917 bits per heavy atom. The number of ether oxygens (including phenoxy) is 2. The van der Waals surface area contributed by atoms with E-state index in [0.717, 1.165) is 10.0 Å². The minimum atomic E-state index is 0.187. The molecule has 4 nitrogen and oxygen atoms in total. The number of nitrogens with two attached hydrogens (primary N) is 1. The quantitative estimate of drug-likeness (QED) is 0.599. The Kier molecular flexibility index (Phi) is 4.91. The first-order chi connectivity index (χ1) is 11.6. The van der Waals surface area contributed by atoms with Crippen molar-refractivity contribution >= 4 is 21.6 Å². The molecule has 0 saturated carbocycles. The molecule has 3 rings (SSSR count). The number of phenolic OH excluding ortho intramolecular Hbond substituents is 1. The molecule has 122 valence electrons. The molecule has 0 spiro atoms.